The van der Waals surface area contributed by atoms with E-state index in [9.17, 15) is 10.5 Å². The average molecular weight is 1040 g/mol. The third-order valence-electron chi connectivity index (χ3n) is 13.3. The molecule has 0 N–H and O–H groups in total. The lowest BCUT2D eigenvalue weighted by atomic mass is 10.0. The van der Waals surface area contributed by atoms with Crippen molar-refractivity contribution in [1.82, 2.24) is 8.75 Å². The van der Waals surface area contributed by atoms with Gasteiger partial charge in [-0.3, -0.25) is 0 Å². The van der Waals surface area contributed by atoms with Gasteiger partial charge in [-0.1, -0.05) is 158 Å². The molecular weight excluding hydrogens is 997 g/mol. The van der Waals surface area contributed by atoms with E-state index in [4.69, 9.17) is 8.75 Å². The van der Waals surface area contributed by atoms with Gasteiger partial charge in [-0.05, 0) is 143 Å². The molecule has 77 heavy (non-hydrogen) atoms. The van der Waals surface area contributed by atoms with Crippen molar-refractivity contribution < 1.29 is 0 Å². The molecule has 0 bridgehead atoms. The first-order valence-corrected chi connectivity index (χ1v) is 27.3. The Balaban J connectivity index is 0.726. The molecule has 9 aromatic carbocycles. The number of anilines is 6. The highest BCUT2D eigenvalue weighted by Gasteiger charge is 2.18. The molecule has 0 aliphatic carbocycles. The first kappa shape index (κ1) is 48.2. The van der Waals surface area contributed by atoms with E-state index in [2.05, 4.69) is 180 Å². The first-order chi connectivity index (χ1) is 38.1. The molecular formula is C68H44N6S3. The zero-order chi connectivity index (χ0) is 51.9. The van der Waals surface area contributed by atoms with Crippen molar-refractivity contribution in [2.45, 2.75) is 0 Å². The predicted molar refractivity (Wildman–Crippen MR) is 324 cm³/mol. The summed E-state index contributed by atoms with van der Waals surface area (Å²) in [5.41, 5.74) is 17.2. The van der Waals surface area contributed by atoms with Crippen molar-refractivity contribution in [2.24, 2.45) is 0 Å². The number of para-hydroxylation sites is 4. The molecule has 364 valence electrons. The maximum Gasteiger partial charge on any atom is 0.114 e. The number of nitrogens with zero attached hydrogens (tertiary/aromatic N) is 6. The Morgan fingerprint density at radius 2 is 0.649 bits per heavy atom. The second-order valence-corrected chi connectivity index (χ2v) is 20.8. The van der Waals surface area contributed by atoms with Crippen LogP contribution in [-0.4, -0.2) is 8.75 Å². The zero-order valence-electron chi connectivity index (χ0n) is 41.3. The van der Waals surface area contributed by atoms with Gasteiger partial charge in [0.15, 0.2) is 0 Å². The Bertz CT molecular complexity index is 3780. The molecule has 0 fully saturated rings. The molecule has 0 amide bonds. The van der Waals surface area contributed by atoms with Gasteiger partial charge in [-0.2, -0.15) is 19.3 Å². The summed E-state index contributed by atoms with van der Waals surface area (Å²) in [6, 6.07) is 92.2. The van der Waals surface area contributed by atoms with Gasteiger partial charge in [0.05, 0.1) is 35.0 Å². The summed E-state index contributed by atoms with van der Waals surface area (Å²) in [6.07, 6.45) is 3.89. The fraction of sp³-hybridized carbons (Fsp3) is 0. The zero-order valence-corrected chi connectivity index (χ0v) is 43.8. The maximum atomic E-state index is 10.3. The van der Waals surface area contributed by atoms with Crippen LogP contribution in [0.2, 0.25) is 0 Å². The minimum Gasteiger partial charge on any atom is -0.311 e. The van der Waals surface area contributed by atoms with Crippen LogP contribution in [0.25, 0.3) is 76.1 Å². The monoisotopic (exact) mass is 1040 g/mol. The number of hydrogen-bond donors (Lipinski definition) is 0. The van der Waals surface area contributed by atoms with Crippen LogP contribution in [0.15, 0.2) is 255 Å². The van der Waals surface area contributed by atoms with Gasteiger partial charge in [0.2, 0.25) is 0 Å². The standard InChI is InChI=1S/C68H44N6S3/c69-45-53(43-47-21-33-59(34-22-47)73(55-13-5-1-6-14-55)56-15-7-2-8-16-56)49-25-29-51(30-26-49)63-39-41-65(75-63)61-37-38-62(68-67(61)71-77-72-68)66-42-40-64(76-66)52-31-27-50(28-32-52)54(46-70)44-48-23-35-60(36-24-48)74(57-17-9-3-10-18-57)58-19-11-4-12-20-58/h1-44H/b53-43+,54-44+. The molecule has 6 nitrogen and oxygen atoms in total. The normalized spacial score (nSPS) is 11.5. The summed E-state index contributed by atoms with van der Waals surface area (Å²) < 4.78 is 9.63. The van der Waals surface area contributed by atoms with Crippen LogP contribution in [0.5, 0.6) is 0 Å². The summed E-state index contributed by atoms with van der Waals surface area (Å²) in [4.78, 5) is 8.92. The van der Waals surface area contributed by atoms with Gasteiger partial charge in [-0.25, -0.2) is 0 Å². The highest BCUT2D eigenvalue weighted by molar-refractivity contribution is 7.19. The third kappa shape index (κ3) is 10.3. The van der Waals surface area contributed by atoms with E-state index in [1.807, 2.05) is 109 Å². The van der Waals surface area contributed by atoms with Crippen LogP contribution in [0, 0.1) is 22.7 Å². The van der Waals surface area contributed by atoms with E-state index in [0.717, 1.165) is 109 Å². The number of rotatable bonds is 14. The van der Waals surface area contributed by atoms with Gasteiger partial charge in [-0.15, -0.1) is 22.7 Å². The summed E-state index contributed by atoms with van der Waals surface area (Å²) in [5.74, 6) is 0. The van der Waals surface area contributed by atoms with E-state index >= 15 is 0 Å². The highest BCUT2D eigenvalue weighted by Crippen LogP contribution is 2.43. The molecule has 9 heteroatoms. The van der Waals surface area contributed by atoms with Gasteiger partial charge in [0, 0.05) is 64.8 Å². The van der Waals surface area contributed by atoms with Gasteiger partial charge >= 0.3 is 0 Å². The smallest absolute Gasteiger partial charge is 0.114 e. The predicted octanol–water partition coefficient (Wildman–Crippen LogP) is 19.6. The molecule has 0 radical (unpaired) electrons. The van der Waals surface area contributed by atoms with Crippen LogP contribution in [0.4, 0.5) is 34.1 Å². The van der Waals surface area contributed by atoms with E-state index in [-0.39, 0.29) is 0 Å². The van der Waals surface area contributed by atoms with Crippen LogP contribution < -0.4 is 9.80 Å². The Labute approximate surface area is 459 Å². The summed E-state index contributed by atoms with van der Waals surface area (Å²) in [6.45, 7) is 0. The molecule has 0 aliphatic heterocycles. The minimum absolute atomic E-state index is 0.597. The summed E-state index contributed by atoms with van der Waals surface area (Å²) in [7, 11) is 0. The molecule has 0 saturated heterocycles. The maximum absolute atomic E-state index is 10.3. The molecule has 12 rings (SSSR count). The quantitative estimate of drug-likeness (QED) is 0.0797. The fourth-order valence-electron chi connectivity index (χ4n) is 9.50. The molecule has 0 aliphatic rings. The molecule has 3 aromatic heterocycles. The lowest BCUT2D eigenvalue weighted by molar-refractivity contribution is 1.28. The van der Waals surface area contributed by atoms with Gasteiger partial charge in [0.1, 0.15) is 11.0 Å². The minimum atomic E-state index is 0.597. The van der Waals surface area contributed by atoms with Crippen molar-refractivity contribution in [3.63, 3.8) is 0 Å². The lowest BCUT2D eigenvalue weighted by Crippen LogP contribution is -2.09. The Morgan fingerprint density at radius 1 is 0.338 bits per heavy atom. The van der Waals surface area contributed by atoms with Crippen molar-refractivity contribution in [3.05, 3.63) is 277 Å². The number of allylic oxidation sites excluding steroid dienone is 2. The highest BCUT2D eigenvalue weighted by atomic mass is 32.1. The Morgan fingerprint density at radius 3 is 0.974 bits per heavy atom. The second-order valence-electron chi connectivity index (χ2n) is 18.1. The van der Waals surface area contributed by atoms with Crippen LogP contribution >= 0.6 is 34.4 Å². The number of benzene rings is 9. The SMILES string of the molecule is N#C/C(=C\c1ccc(N(c2ccccc2)c2ccccc2)cc1)c1ccc(-c2ccc(-c3ccc(-c4ccc(-c5ccc(/C(C#N)=C/c6ccc(N(c7ccccc7)c7ccccc7)cc6)cc5)s4)c4nsnc34)s2)cc1. The molecule has 3 heterocycles. The van der Waals surface area contributed by atoms with Crippen molar-refractivity contribution in [2.75, 3.05) is 9.80 Å². The van der Waals surface area contributed by atoms with Crippen LogP contribution in [0.1, 0.15) is 22.3 Å². The van der Waals surface area contributed by atoms with E-state index < -0.39 is 0 Å². The molecule has 12 aromatic rings. The first-order valence-electron chi connectivity index (χ1n) is 25.0. The Hall–Kier alpha value is -9.74. The number of aromatic nitrogens is 2. The topological polar surface area (TPSA) is 79.8 Å². The van der Waals surface area contributed by atoms with Gasteiger partial charge < -0.3 is 9.80 Å². The van der Waals surface area contributed by atoms with Crippen molar-refractivity contribution in [3.8, 4) is 53.9 Å². The number of hydrogen-bond acceptors (Lipinski definition) is 9. The lowest BCUT2D eigenvalue weighted by Gasteiger charge is -2.25. The Kier molecular flexibility index (Phi) is 13.8. The van der Waals surface area contributed by atoms with Crippen LogP contribution in [0.3, 0.4) is 0 Å². The van der Waals surface area contributed by atoms with Crippen molar-refractivity contribution in [1.29, 1.82) is 10.5 Å². The number of fused-ring (bicyclic) bond motifs is 1. The van der Waals surface area contributed by atoms with E-state index in [0.29, 0.717) is 11.1 Å². The van der Waals surface area contributed by atoms with E-state index in [1.54, 1.807) is 22.7 Å². The van der Waals surface area contributed by atoms with Gasteiger partial charge in [0.25, 0.3) is 0 Å². The van der Waals surface area contributed by atoms with E-state index in [1.165, 1.54) is 11.7 Å². The summed E-state index contributed by atoms with van der Waals surface area (Å²) in [5, 5.41) is 20.6. The molecule has 0 atom stereocenters. The number of nitriles is 2. The summed E-state index contributed by atoms with van der Waals surface area (Å²) >= 11 is 4.67. The van der Waals surface area contributed by atoms with Crippen molar-refractivity contribution >= 4 is 103 Å². The number of thiophene rings is 2. The average Bonchev–Trinajstić information content (AvgIpc) is 4.32. The van der Waals surface area contributed by atoms with Crippen LogP contribution in [-0.2, 0) is 0 Å². The third-order valence-corrected chi connectivity index (χ3v) is 16.2. The fourth-order valence-corrected chi connectivity index (χ4v) is 12.2. The molecule has 0 spiro atoms. The largest absolute Gasteiger partial charge is 0.311 e. The second kappa shape index (κ2) is 22.0. The molecule has 0 unspecified atom stereocenters. The molecule has 0 saturated carbocycles.